The molecule has 0 N–H and O–H groups in total. The lowest BCUT2D eigenvalue weighted by Crippen LogP contribution is -2.13. The molecule has 5 nitrogen and oxygen atoms in total. The molecule has 0 aliphatic carbocycles. The Morgan fingerprint density at radius 3 is 2.91 bits per heavy atom. The van der Waals surface area contributed by atoms with E-state index in [-0.39, 0.29) is 0 Å². The molecule has 8 heteroatoms. The Morgan fingerprint density at radius 1 is 1.36 bits per heavy atom. The Labute approximate surface area is 140 Å². The molecule has 0 spiro atoms. The van der Waals surface area contributed by atoms with Crippen molar-refractivity contribution in [2.24, 2.45) is 0 Å². The molecule has 0 unspecified atom stereocenters. The lowest BCUT2D eigenvalue weighted by molar-refractivity contribution is -0.106. The zero-order valence-corrected chi connectivity index (χ0v) is 13.5. The SMILES string of the molecule is O=CN(c1cccc(Cl)c1)c1scc(Cn2ccnn2)c1Cl. The summed E-state index contributed by atoms with van der Waals surface area (Å²) in [6, 6.07) is 7.04. The van der Waals surface area contributed by atoms with Crippen LogP contribution in [-0.4, -0.2) is 21.4 Å². The molecule has 0 saturated heterocycles. The molecule has 0 fully saturated rings. The second-order valence-electron chi connectivity index (χ2n) is 4.44. The van der Waals surface area contributed by atoms with E-state index in [1.165, 1.54) is 16.2 Å². The number of amides is 1. The van der Waals surface area contributed by atoms with Gasteiger partial charge in [-0.15, -0.1) is 16.4 Å². The number of anilines is 2. The average molecular weight is 353 g/mol. The quantitative estimate of drug-likeness (QED) is 0.652. The highest BCUT2D eigenvalue weighted by Crippen LogP contribution is 2.39. The topological polar surface area (TPSA) is 51.0 Å². The molecule has 2 aromatic heterocycles. The Balaban J connectivity index is 1.93. The van der Waals surface area contributed by atoms with Crippen LogP contribution < -0.4 is 4.90 Å². The molecule has 0 radical (unpaired) electrons. The van der Waals surface area contributed by atoms with Crippen molar-refractivity contribution in [3.05, 3.63) is 57.6 Å². The van der Waals surface area contributed by atoms with Gasteiger partial charge in [-0.25, -0.2) is 4.68 Å². The maximum absolute atomic E-state index is 11.5. The number of carbonyl (C=O) groups excluding carboxylic acids is 1. The fourth-order valence-corrected chi connectivity index (χ4v) is 3.51. The Hall–Kier alpha value is -1.89. The first-order chi connectivity index (χ1) is 10.7. The second-order valence-corrected chi connectivity index (χ2v) is 6.11. The third kappa shape index (κ3) is 2.99. The van der Waals surface area contributed by atoms with E-state index in [1.54, 1.807) is 41.3 Å². The van der Waals surface area contributed by atoms with Gasteiger partial charge in [0.15, 0.2) is 0 Å². The van der Waals surface area contributed by atoms with Crippen LogP contribution in [0.2, 0.25) is 10.0 Å². The van der Waals surface area contributed by atoms with E-state index in [2.05, 4.69) is 10.3 Å². The molecule has 0 aliphatic rings. The van der Waals surface area contributed by atoms with Crippen LogP contribution in [0, 0.1) is 0 Å². The van der Waals surface area contributed by atoms with Crippen molar-refractivity contribution < 1.29 is 4.79 Å². The Kier molecular flexibility index (Phi) is 4.42. The number of hydrogen-bond donors (Lipinski definition) is 0. The summed E-state index contributed by atoms with van der Waals surface area (Å²) < 4.78 is 1.67. The molecule has 112 valence electrons. The summed E-state index contributed by atoms with van der Waals surface area (Å²) in [5, 5.41) is 11.3. The minimum atomic E-state index is 0.498. The highest BCUT2D eigenvalue weighted by molar-refractivity contribution is 7.15. The van der Waals surface area contributed by atoms with Crippen LogP contribution in [0.3, 0.4) is 0 Å². The highest BCUT2D eigenvalue weighted by atomic mass is 35.5. The normalized spacial score (nSPS) is 10.6. The summed E-state index contributed by atoms with van der Waals surface area (Å²) in [4.78, 5) is 13.0. The van der Waals surface area contributed by atoms with E-state index in [4.69, 9.17) is 23.2 Å². The minimum Gasteiger partial charge on any atom is -0.278 e. The first kappa shape index (κ1) is 15.0. The van der Waals surface area contributed by atoms with E-state index in [1.807, 2.05) is 5.38 Å². The first-order valence-corrected chi connectivity index (χ1v) is 7.92. The molecular formula is C14H10Cl2N4OS. The molecule has 3 rings (SSSR count). The molecule has 1 aromatic carbocycles. The highest BCUT2D eigenvalue weighted by Gasteiger charge is 2.18. The average Bonchev–Trinajstić information content (AvgIpc) is 3.13. The van der Waals surface area contributed by atoms with Crippen molar-refractivity contribution in [1.82, 2.24) is 15.0 Å². The number of aromatic nitrogens is 3. The van der Waals surface area contributed by atoms with Crippen molar-refractivity contribution >= 4 is 51.6 Å². The molecule has 3 aromatic rings. The second kappa shape index (κ2) is 6.48. The maximum Gasteiger partial charge on any atom is 0.219 e. The predicted octanol–water partition coefficient (Wildman–Crippen LogP) is 3.99. The van der Waals surface area contributed by atoms with Gasteiger partial charge in [-0.2, -0.15) is 0 Å². The van der Waals surface area contributed by atoms with Gasteiger partial charge in [0.1, 0.15) is 5.00 Å². The van der Waals surface area contributed by atoms with Crippen LogP contribution in [0.1, 0.15) is 5.56 Å². The molecule has 22 heavy (non-hydrogen) atoms. The van der Waals surface area contributed by atoms with Crippen molar-refractivity contribution in [3.8, 4) is 0 Å². The van der Waals surface area contributed by atoms with Gasteiger partial charge in [-0.3, -0.25) is 9.69 Å². The van der Waals surface area contributed by atoms with E-state index in [0.29, 0.717) is 27.3 Å². The molecule has 0 aliphatic heterocycles. The Morgan fingerprint density at radius 2 is 2.23 bits per heavy atom. The lowest BCUT2D eigenvalue weighted by Gasteiger charge is -2.16. The van der Waals surface area contributed by atoms with Crippen molar-refractivity contribution in [2.45, 2.75) is 6.54 Å². The molecule has 2 heterocycles. The van der Waals surface area contributed by atoms with Gasteiger partial charge in [-0.05, 0) is 23.6 Å². The third-order valence-corrected chi connectivity index (χ3v) is 4.79. The van der Waals surface area contributed by atoms with Gasteiger partial charge in [0.25, 0.3) is 0 Å². The van der Waals surface area contributed by atoms with Crippen molar-refractivity contribution in [3.63, 3.8) is 0 Å². The van der Waals surface area contributed by atoms with Gasteiger partial charge >= 0.3 is 0 Å². The summed E-state index contributed by atoms with van der Waals surface area (Å²) in [6.07, 6.45) is 4.08. The smallest absolute Gasteiger partial charge is 0.219 e. The minimum absolute atomic E-state index is 0.498. The fourth-order valence-electron chi connectivity index (χ4n) is 1.98. The number of thiophene rings is 1. The monoisotopic (exact) mass is 352 g/mol. The van der Waals surface area contributed by atoms with Crippen LogP contribution in [0.5, 0.6) is 0 Å². The van der Waals surface area contributed by atoms with Crippen LogP contribution in [0.15, 0.2) is 42.0 Å². The molecule has 0 bridgehead atoms. The number of hydrogen-bond acceptors (Lipinski definition) is 4. The van der Waals surface area contributed by atoms with Gasteiger partial charge in [0.05, 0.1) is 23.5 Å². The molecular weight excluding hydrogens is 343 g/mol. The number of carbonyl (C=O) groups is 1. The van der Waals surface area contributed by atoms with Crippen LogP contribution in [0.4, 0.5) is 10.7 Å². The van der Waals surface area contributed by atoms with Crippen LogP contribution >= 0.6 is 34.5 Å². The van der Waals surface area contributed by atoms with Crippen LogP contribution in [0.25, 0.3) is 0 Å². The van der Waals surface area contributed by atoms with Gasteiger partial charge in [0.2, 0.25) is 6.41 Å². The van der Waals surface area contributed by atoms with Gasteiger partial charge < -0.3 is 0 Å². The van der Waals surface area contributed by atoms with Crippen molar-refractivity contribution in [1.29, 1.82) is 0 Å². The fraction of sp³-hybridized carbons (Fsp3) is 0.0714. The van der Waals surface area contributed by atoms with E-state index < -0.39 is 0 Å². The predicted molar refractivity (Wildman–Crippen MR) is 88.1 cm³/mol. The molecule has 0 atom stereocenters. The first-order valence-electron chi connectivity index (χ1n) is 6.29. The number of benzene rings is 1. The zero-order chi connectivity index (χ0) is 15.5. The van der Waals surface area contributed by atoms with E-state index in [0.717, 1.165) is 12.0 Å². The lowest BCUT2D eigenvalue weighted by atomic mass is 10.3. The zero-order valence-electron chi connectivity index (χ0n) is 11.2. The summed E-state index contributed by atoms with van der Waals surface area (Å²) >= 11 is 13.8. The van der Waals surface area contributed by atoms with Crippen LogP contribution in [-0.2, 0) is 11.3 Å². The summed E-state index contributed by atoms with van der Waals surface area (Å²) in [5.74, 6) is 0. The number of halogens is 2. The largest absolute Gasteiger partial charge is 0.278 e. The molecule has 0 saturated carbocycles. The van der Waals surface area contributed by atoms with E-state index in [9.17, 15) is 4.79 Å². The summed E-state index contributed by atoms with van der Waals surface area (Å²) in [5.41, 5.74) is 1.54. The van der Waals surface area contributed by atoms with Crippen molar-refractivity contribution in [2.75, 3.05) is 4.90 Å². The summed E-state index contributed by atoms with van der Waals surface area (Å²) in [7, 11) is 0. The van der Waals surface area contributed by atoms with Gasteiger partial charge in [-0.1, -0.05) is 34.5 Å². The Bertz CT molecular complexity index is 788. The van der Waals surface area contributed by atoms with Gasteiger partial charge in [0, 0.05) is 16.8 Å². The number of nitrogens with zero attached hydrogens (tertiary/aromatic N) is 4. The number of rotatable bonds is 5. The maximum atomic E-state index is 11.5. The summed E-state index contributed by atoms with van der Waals surface area (Å²) in [6.45, 7) is 0.498. The van der Waals surface area contributed by atoms with E-state index >= 15 is 0 Å². The standard InChI is InChI=1S/C14H10Cl2N4OS/c15-11-2-1-3-12(6-11)20(9-21)14-13(16)10(8-22-14)7-19-5-4-17-18-19/h1-6,8-9H,7H2. The molecule has 1 amide bonds. The third-order valence-electron chi connectivity index (χ3n) is 3.00.